The van der Waals surface area contributed by atoms with Crippen LogP contribution in [0.3, 0.4) is 0 Å². The highest BCUT2D eigenvalue weighted by atomic mass is 79.9. The Hall–Kier alpha value is -3.53. The standard InChI is InChI=1S/C26H27BrN4O5/c1-15(2)34-26(33)36-17(4)35-23(32)11-9-21-25-29-14-16(3)31(25)22-10-8-18(27)13-19(22)24(30-21)20-7-5-6-12-28-20/h5-8,10,12-15,17,21H,9,11H2,1-4H3/t17?,21-/m0/s1. The van der Waals surface area contributed by atoms with Crippen molar-refractivity contribution in [1.82, 2.24) is 14.5 Å². The van der Waals surface area contributed by atoms with E-state index in [9.17, 15) is 9.59 Å². The smallest absolute Gasteiger partial charge is 0.431 e. The summed E-state index contributed by atoms with van der Waals surface area (Å²) >= 11 is 3.58. The molecule has 1 aliphatic heterocycles. The Bertz CT molecular complexity index is 1290. The lowest BCUT2D eigenvalue weighted by Gasteiger charge is -2.16. The summed E-state index contributed by atoms with van der Waals surface area (Å²) < 4.78 is 18.1. The fraction of sp³-hybridized carbons (Fsp3) is 0.346. The molecule has 0 amide bonds. The van der Waals surface area contributed by atoms with Crippen LogP contribution in [-0.2, 0) is 19.0 Å². The number of hydrogen-bond acceptors (Lipinski definition) is 8. The molecule has 3 aromatic rings. The van der Waals surface area contributed by atoms with Crippen molar-refractivity contribution in [3.63, 3.8) is 0 Å². The molecule has 0 bridgehead atoms. The van der Waals surface area contributed by atoms with Gasteiger partial charge in [-0.3, -0.25) is 19.3 Å². The van der Waals surface area contributed by atoms with E-state index in [1.54, 1.807) is 26.2 Å². The number of aromatic nitrogens is 3. The molecule has 1 aliphatic rings. The van der Waals surface area contributed by atoms with Crippen LogP contribution < -0.4 is 0 Å². The number of carbonyl (C=O) groups excluding carboxylic acids is 2. The second kappa shape index (κ2) is 11.0. The number of pyridine rings is 1. The zero-order chi connectivity index (χ0) is 25.8. The SMILES string of the molecule is Cc1cnc2n1-c1ccc(Br)cc1C(c1ccccn1)=N[C@H]2CCC(=O)OC(C)OC(=O)OC(C)C. The Morgan fingerprint density at radius 1 is 1.08 bits per heavy atom. The number of fused-ring (bicyclic) bond motifs is 3. The number of nitrogens with zero attached hydrogens (tertiary/aromatic N) is 4. The minimum absolute atomic E-state index is 0.0442. The van der Waals surface area contributed by atoms with Crippen LogP contribution in [0.15, 0.2) is 58.3 Å². The zero-order valence-corrected chi connectivity index (χ0v) is 22.1. The maximum atomic E-state index is 12.6. The lowest BCUT2D eigenvalue weighted by molar-refractivity contribution is -0.168. The number of carbonyl (C=O) groups is 2. The normalized spacial score (nSPS) is 15.3. The van der Waals surface area contributed by atoms with Crippen molar-refractivity contribution in [2.24, 2.45) is 4.99 Å². The van der Waals surface area contributed by atoms with Gasteiger partial charge in [0.1, 0.15) is 11.9 Å². The highest BCUT2D eigenvalue weighted by molar-refractivity contribution is 9.10. The van der Waals surface area contributed by atoms with E-state index in [0.717, 1.165) is 32.9 Å². The van der Waals surface area contributed by atoms with Crippen LogP contribution in [0.1, 0.15) is 62.4 Å². The van der Waals surface area contributed by atoms with Gasteiger partial charge < -0.3 is 14.2 Å². The number of aryl methyl sites for hydroxylation is 1. The van der Waals surface area contributed by atoms with E-state index in [2.05, 4.69) is 30.5 Å². The number of ether oxygens (including phenoxy) is 3. The monoisotopic (exact) mass is 554 g/mol. The first-order valence-corrected chi connectivity index (χ1v) is 12.4. The van der Waals surface area contributed by atoms with Gasteiger partial charge in [-0.2, -0.15) is 0 Å². The summed E-state index contributed by atoms with van der Waals surface area (Å²) in [4.78, 5) is 38.4. The molecule has 2 atom stereocenters. The average molecular weight is 555 g/mol. The maximum absolute atomic E-state index is 12.6. The summed E-state index contributed by atoms with van der Waals surface area (Å²) in [5.41, 5.74) is 4.22. The molecule has 1 aromatic carbocycles. The van der Waals surface area contributed by atoms with Crippen molar-refractivity contribution in [3.05, 3.63) is 76.0 Å². The Morgan fingerprint density at radius 3 is 2.61 bits per heavy atom. The van der Waals surface area contributed by atoms with E-state index >= 15 is 0 Å². The first-order chi connectivity index (χ1) is 17.2. The summed E-state index contributed by atoms with van der Waals surface area (Å²) in [5, 5.41) is 0. The second-order valence-electron chi connectivity index (χ2n) is 8.59. The minimum atomic E-state index is -1.07. The Kier molecular flexibility index (Phi) is 7.83. The zero-order valence-electron chi connectivity index (χ0n) is 20.5. The topological polar surface area (TPSA) is 105 Å². The molecule has 0 spiro atoms. The van der Waals surface area contributed by atoms with Gasteiger partial charge in [0.15, 0.2) is 0 Å². The summed E-state index contributed by atoms with van der Waals surface area (Å²) in [5.74, 6) is 0.202. The second-order valence-corrected chi connectivity index (χ2v) is 9.51. The largest absolute Gasteiger partial charge is 0.511 e. The van der Waals surface area contributed by atoms with E-state index in [-0.39, 0.29) is 12.5 Å². The summed E-state index contributed by atoms with van der Waals surface area (Å²) in [7, 11) is 0. The van der Waals surface area contributed by atoms with Crippen LogP contribution in [-0.4, -0.2) is 44.8 Å². The maximum Gasteiger partial charge on any atom is 0.511 e. The van der Waals surface area contributed by atoms with Crippen LogP contribution in [0.5, 0.6) is 0 Å². The molecular formula is C26H27BrN4O5. The number of rotatable bonds is 7. The van der Waals surface area contributed by atoms with Gasteiger partial charge in [-0.25, -0.2) is 9.78 Å². The van der Waals surface area contributed by atoms with Crippen molar-refractivity contribution < 1.29 is 23.8 Å². The summed E-state index contributed by atoms with van der Waals surface area (Å²) in [6, 6.07) is 11.2. The van der Waals surface area contributed by atoms with Crippen molar-refractivity contribution >= 4 is 33.8 Å². The van der Waals surface area contributed by atoms with Gasteiger partial charge in [-0.1, -0.05) is 22.0 Å². The van der Waals surface area contributed by atoms with Crippen LogP contribution in [0.2, 0.25) is 0 Å². The molecule has 0 N–H and O–H groups in total. The van der Waals surface area contributed by atoms with Crippen LogP contribution in [0, 0.1) is 6.92 Å². The molecule has 10 heteroatoms. The van der Waals surface area contributed by atoms with Crippen molar-refractivity contribution in [1.29, 1.82) is 0 Å². The number of esters is 1. The minimum Gasteiger partial charge on any atom is -0.431 e. The molecule has 188 valence electrons. The number of aliphatic imine (C=N–C) groups is 1. The van der Waals surface area contributed by atoms with Gasteiger partial charge in [0, 0.05) is 41.5 Å². The van der Waals surface area contributed by atoms with Gasteiger partial charge in [-0.15, -0.1) is 0 Å². The predicted octanol–water partition coefficient (Wildman–Crippen LogP) is 5.46. The molecule has 0 saturated carbocycles. The summed E-state index contributed by atoms with van der Waals surface area (Å²) in [6.45, 7) is 6.85. The third kappa shape index (κ3) is 5.81. The molecule has 1 unspecified atom stereocenters. The van der Waals surface area contributed by atoms with Crippen molar-refractivity contribution in [2.45, 2.75) is 59.0 Å². The molecule has 0 saturated heterocycles. The lowest BCUT2D eigenvalue weighted by atomic mass is 10.0. The fourth-order valence-corrected chi connectivity index (χ4v) is 4.32. The summed E-state index contributed by atoms with van der Waals surface area (Å²) in [6.07, 6.45) is 1.61. The van der Waals surface area contributed by atoms with Crippen LogP contribution in [0.25, 0.3) is 5.69 Å². The molecule has 0 radical (unpaired) electrons. The third-order valence-electron chi connectivity index (χ3n) is 5.42. The van der Waals surface area contributed by atoms with Gasteiger partial charge in [0.05, 0.1) is 23.2 Å². The van der Waals surface area contributed by atoms with Gasteiger partial charge in [0.25, 0.3) is 0 Å². The van der Waals surface area contributed by atoms with Crippen LogP contribution in [0.4, 0.5) is 4.79 Å². The third-order valence-corrected chi connectivity index (χ3v) is 5.92. The number of hydrogen-bond donors (Lipinski definition) is 0. The average Bonchev–Trinajstić information content (AvgIpc) is 3.13. The van der Waals surface area contributed by atoms with E-state index in [0.29, 0.717) is 12.1 Å². The molecule has 0 fully saturated rings. The number of benzene rings is 1. The van der Waals surface area contributed by atoms with Crippen LogP contribution >= 0.6 is 15.9 Å². The molecule has 0 aliphatic carbocycles. The van der Waals surface area contributed by atoms with Gasteiger partial charge in [-0.05, 0) is 57.5 Å². The molecule has 4 rings (SSSR count). The fourth-order valence-electron chi connectivity index (χ4n) is 3.96. The van der Waals surface area contributed by atoms with Crippen molar-refractivity contribution in [2.75, 3.05) is 0 Å². The van der Waals surface area contributed by atoms with Crippen molar-refractivity contribution in [3.8, 4) is 5.69 Å². The first kappa shape index (κ1) is 25.6. The predicted molar refractivity (Wildman–Crippen MR) is 136 cm³/mol. The first-order valence-electron chi connectivity index (χ1n) is 11.6. The quantitative estimate of drug-likeness (QED) is 0.282. The van der Waals surface area contributed by atoms with Gasteiger partial charge in [0.2, 0.25) is 6.29 Å². The molecule has 36 heavy (non-hydrogen) atoms. The number of halogens is 1. The molecule has 9 nitrogen and oxygen atoms in total. The Labute approximate surface area is 217 Å². The van der Waals surface area contributed by atoms with E-state index in [1.165, 1.54) is 6.92 Å². The van der Waals surface area contributed by atoms with E-state index < -0.39 is 24.5 Å². The highest BCUT2D eigenvalue weighted by Gasteiger charge is 2.28. The van der Waals surface area contributed by atoms with Gasteiger partial charge >= 0.3 is 12.1 Å². The molecular weight excluding hydrogens is 528 g/mol. The Balaban J connectivity index is 1.60. The molecule has 3 heterocycles. The number of imidazole rings is 1. The van der Waals surface area contributed by atoms with E-state index in [1.807, 2.05) is 43.3 Å². The van der Waals surface area contributed by atoms with E-state index in [4.69, 9.17) is 19.2 Å². The Morgan fingerprint density at radius 2 is 1.89 bits per heavy atom. The lowest BCUT2D eigenvalue weighted by Crippen LogP contribution is -2.24. The highest BCUT2D eigenvalue weighted by Crippen LogP contribution is 2.34. The molecule has 2 aromatic heterocycles.